The van der Waals surface area contributed by atoms with Crippen LogP contribution in [0.4, 0.5) is 11.4 Å². The van der Waals surface area contributed by atoms with Gasteiger partial charge in [-0.2, -0.15) is 0 Å². The molecule has 1 amide bonds. The summed E-state index contributed by atoms with van der Waals surface area (Å²) < 4.78 is 27.4. The fourth-order valence-electron chi connectivity index (χ4n) is 3.10. The average Bonchev–Trinajstić information content (AvgIpc) is 2.74. The Kier molecular flexibility index (Phi) is 5.44. The molecule has 0 heterocycles. The normalized spacial score (nSPS) is 11.2. The average molecular weight is 437 g/mol. The van der Waals surface area contributed by atoms with Gasteiger partial charge in [0.15, 0.2) is 0 Å². The summed E-state index contributed by atoms with van der Waals surface area (Å²) in [6.07, 6.45) is 0. The number of rotatable bonds is 5. The maximum atomic E-state index is 12.8. The lowest BCUT2D eigenvalue weighted by atomic mass is 10.1. The second kappa shape index (κ2) is 8.18. The minimum absolute atomic E-state index is 0.138. The van der Waals surface area contributed by atoms with Crippen LogP contribution in [0.2, 0.25) is 5.02 Å². The number of benzene rings is 4. The standard InChI is InChI=1S/C23H17ClN2O3S/c24-21-15-17(26-30(28,29)18-9-2-1-3-10-18)13-14-20(21)23(27)25-22-12-6-8-16-7-4-5-11-19(16)22/h1-15,26H,(H,25,27). The first-order valence-corrected chi connectivity index (χ1v) is 11.0. The van der Waals surface area contributed by atoms with Crippen molar-refractivity contribution in [1.82, 2.24) is 0 Å². The van der Waals surface area contributed by atoms with E-state index in [0.717, 1.165) is 10.8 Å². The van der Waals surface area contributed by atoms with Crippen LogP contribution in [0.5, 0.6) is 0 Å². The molecule has 0 bridgehead atoms. The van der Waals surface area contributed by atoms with E-state index in [1.165, 1.54) is 30.3 Å². The lowest BCUT2D eigenvalue weighted by molar-refractivity contribution is 0.102. The van der Waals surface area contributed by atoms with Gasteiger partial charge in [-0.15, -0.1) is 0 Å². The lowest BCUT2D eigenvalue weighted by Crippen LogP contribution is -2.15. The molecule has 30 heavy (non-hydrogen) atoms. The van der Waals surface area contributed by atoms with Gasteiger partial charge in [0.05, 0.1) is 21.2 Å². The second-order valence-electron chi connectivity index (χ2n) is 6.59. The number of hydrogen-bond acceptors (Lipinski definition) is 3. The monoisotopic (exact) mass is 436 g/mol. The van der Waals surface area contributed by atoms with Gasteiger partial charge in [0.2, 0.25) is 0 Å². The van der Waals surface area contributed by atoms with Crippen LogP contribution >= 0.6 is 11.6 Å². The van der Waals surface area contributed by atoms with E-state index in [1.54, 1.807) is 18.2 Å². The fourth-order valence-corrected chi connectivity index (χ4v) is 4.44. The number of sulfonamides is 1. The molecule has 0 aromatic heterocycles. The van der Waals surface area contributed by atoms with E-state index in [4.69, 9.17) is 11.6 Å². The third-order valence-corrected chi connectivity index (χ3v) is 6.27. The van der Waals surface area contributed by atoms with Gasteiger partial charge in [-0.1, -0.05) is 66.2 Å². The predicted octanol–water partition coefficient (Wildman–Crippen LogP) is 5.55. The van der Waals surface area contributed by atoms with Crippen molar-refractivity contribution in [3.63, 3.8) is 0 Å². The van der Waals surface area contributed by atoms with E-state index in [2.05, 4.69) is 10.0 Å². The SMILES string of the molecule is O=C(Nc1cccc2ccccc12)c1ccc(NS(=O)(=O)c2ccccc2)cc1Cl. The molecule has 0 fully saturated rings. The van der Waals surface area contributed by atoms with Crippen LogP contribution < -0.4 is 10.0 Å². The Morgan fingerprint density at radius 2 is 1.50 bits per heavy atom. The highest BCUT2D eigenvalue weighted by Crippen LogP contribution is 2.27. The van der Waals surface area contributed by atoms with Gasteiger partial charge in [-0.05, 0) is 41.8 Å². The Hall–Kier alpha value is -3.35. The van der Waals surface area contributed by atoms with Gasteiger partial charge in [-0.3, -0.25) is 9.52 Å². The van der Waals surface area contributed by atoms with E-state index >= 15 is 0 Å². The van der Waals surface area contributed by atoms with E-state index in [-0.39, 0.29) is 27.1 Å². The number of nitrogens with one attached hydrogen (secondary N) is 2. The lowest BCUT2D eigenvalue weighted by Gasteiger charge is -2.12. The highest BCUT2D eigenvalue weighted by Gasteiger charge is 2.16. The van der Waals surface area contributed by atoms with Gasteiger partial charge >= 0.3 is 0 Å². The molecular weight excluding hydrogens is 420 g/mol. The molecule has 0 aliphatic rings. The van der Waals surface area contributed by atoms with Crippen molar-refractivity contribution in [2.24, 2.45) is 0 Å². The van der Waals surface area contributed by atoms with Crippen LogP contribution in [0.25, 0.3) is 10.8 Å². The van der Waals surface area contributed by atoms with Gasteiger partial charge in [0, 0.05) is 11.1 Å². The number of fused-ring (bicyclic) bond motifs is 1. The van der Waals surface area contributed by atoms with Gasteiger partial charge in [0.1, 0.15) is 0 Å². The Morgan fingerprint density at radius 1 is 0.800 bits per heavy atom. The second-order valence-corrected chi connectivity index (χ2v) is 8.68. The molecule has 0 aliphatic carbocycles. The molecule has 0 unspecified atom stereocenters. The maximum Gasteiger partial charge on any atom is 0.261 e. The van der Waals surface area contributed by atoms with Crippen LogP contribution in [0.3, 0.4) is 0 Å². The molecule has 0 aliphatic heterocycles. The number of halogens is 1. The van der Waals surface area contributed by atoms with Crippen molar-refractivity contribution in [2.75, 3.05) is 10.0 Å². The van der Waals surface area contributed by atoms with Crippen molar-refractivity contribution in [3.05, 3.63) is 102 Å². The summed E-state index contributed by atoms with van der Waals surface area (Å²) in [5, 5.41) is 4.93. The summed E-state index contributed by atoms with van der Waals surface area (Å²) in [6.45, 7) is 0. The molecule has 0 atom stereocenters. The van der Waals surface area contributed by atoms with Crippen LogP contribution in [0.15, 0.2) is 95.9 Å². The fraction of sp³-hybridized carbons (Fsp3) is 0. The molecule has 7 heteroatoms. The Labute approximate surface area is 179 Å². The first kappa shape index (κ1) is 19.9. The molecule has 0 saturated carbocycles. The molecule has 4 rings (SSSR count). The largest absolute Gasteiger partial charge is 0.321 e. The van der Waals surface area contributed by atoms with E-state index < -0.39 is 10.0 Å². The Balaban J connectivity index is 1.56. The molecule has 0 saturated heterocycles. The van der Waals surface area contributed by atoms with E-state index in [9.17, 15) is 13.2 Å². The number of carbonyl (C=O) groups excluding carboxylic acids is 1. The minimum Gasteiger partial charge on any atom is -0.321 e. The first-order valence-electron chi connectivity index (χ1n) is 9.10. The third-order valence-electron chi connectivity index (χ3n) is 4.56. The quantitative estimate of drug-likeness (QED) is 0.431. The topological polar surface area (TPSA) is 75.3 Å². The van der Waals surface area contributed by atoms with Crippen LogP contribution in [0, 0.1) is 0 Å². The van der Waals surface area contributed by atoms with Crippen molar-refractivity contribution < 1.29 is 13.2 Å². The summed E-state index contributed by atoms with van der Waals surface area (Å²) in [4.78, 5) is 12.9. The summed E-state index contributed by atoms with van der Waals surface area (Å²) in [7, 11) is -3.75. The number of anilines is 2. The van der Waals surface area contributed by atoms with E-state index in [0.29, 0.717) is 5.69 Å². The molecule has 2 N–H and O–H groups in total. The smallest absolute Gasteiger partial charge is 0.261 e. The molecule has 5 nitrogen and oxygen atoms in total. The molecular formula is C23H17ClN2O3S. The first-order chi connectivity index (χ1) is 14.4. The number of amides is 1. The van der Waals surface area contributed by atoms with Crippen molar-refractivity contribution in [3.8, 4) is 0 Å². The Bertz CT molecular complexity index is 1330. The van der Waals surface area contributed by atoms with Crippen molar-refractivity contribution in [2.45, 2.75) is 4.90 Å². The highest BCUT2D eigenvalue weighted by atomic mass is 35.5. The molecule has 4 aromatic rings. The minimum atomic E-state index is -3.75. The number of carbonyl (C=O) groups is 1. The zero-order valence-electron chi connectivity index (χ0n) is 15.7. The van der Waals surface area contributed by atoms with E-state index in [1.807, 2.05) is 42.5 Å². The molecule has 0 radical (unpaired) electrons. The van der Waals surface area contributed by atoms with Crippen molar-refractivity contribution >= 4 is 49.7 Å². The third kappa shape index (κ3) is 4.15. The van der Waals surface area contributed by atoms with Crippen LogP contribution in [0.1, 0.15) is 10.4 Å². The summed E-state index contributed by atoms with van der Waals surface area (Å²) in [5.74, 6) is -0.381. The van der Waals surface area contributed by atoms with Gasteiger partial charge in [-0.25, -0.2) is 8.42 Å². The summed E-state index contributed by atoms with van der Waals surface area (Å²) in [5.41, 5.74) is 1.18. The molecule has 0 spiro atoms. The van der Waals surface area contributed by atoms with Crippen LogP contribution in [-0.2, 0) is 10.0 Å². The van der Waals surface area contributed by atoms with Gasteiger partial charge in [0.25, 0.3) is 15.9 Å². The zero-order valence-corrected chi connectivity index (χ0v) is 17.2. The predicted molar refractivity (Wildman–Crippen MR) is 121 cm³/mol. The van der Waals surface area contributed by atoms with Crippen LogP contribution in [-0.4, -0.2) is 14.3 Å². The Morgan fingerprint density at radius 3 is 2.27 bits per heavy atom. The summed E-state index contributed by atoms with van der Waals surface area (Å²) in [6, 6.07) is 25.8. The maximum absolute atomic E-state index is 12.8. The molecule has 4 aromatic carbocycles. The number of hydrogen-bond donors (Lipinski definition) is 2. The zero-order chi connectivity index (χ0) is 21.1. The molecule has 150 valence electrons. The van der Waals surface area contributed by atoms with Crippen molar-refractivity contribution in [1.29, 1.82) is 0 Å². The summed E-state index contributed by atoms with van der Waals surface area (Å²) >= 11 is 6.29. The van der Waals surface area contributed by atoms with Gasteiger partial charge < -0.3 is 5.32 Å². The highest BCUT2D eigenvalue weighted by molar-refractivity contribution is 7.92.